The number of likely N-dealkylation sites (N-methyl/N-ethyl adjacent to an activating group) is 6. The van der Waals surface area contributed by atoms with Crippen LogP contribution >= 0.6 is 11.8 Å². The molecule has 8 aliphatic heterocycles. The molecule has 0 fully saturated rings. The van der Waals surface area contributed by atoms with Crippen molar-refractivity contribution in [3.8, 4) is 5.75 Å². The Bertz CT molecular complexity index is 7740. The van der Waals surface area contributed by atoms with Crippen LogP contribution in [0, 0.1) is 0 Å². The summed E-state index contributed by atoms with van der Waals surface area (Å²) in [6.45, 7) is 13.7. The van der Waals surface area contributed by atoms with E-state index in [1.54, 1.807) is 18.9 Å². The first kappa shape index (κ1) is 101. The lowest BCUT2D eigenvalue weighted by molar-refractivity contribution is -0.517. The minimum Gasteiger partial charge on any atom is -0.497 e. The molecular formula is C133H137N12O4S+5. The Labute approximate surface area is 890 Å². The third-order valence-corrected chi connectivity index (χ3v) is 33.1. The fourth-order valence-electron chi connectivity index (χ4n) is 23.9. The van der Waals surface area contributed by atoms with Gasteiger partial charge in [-0.25, -0.2) is 0 Å². The zero-order valence-corrected chi connectivity index (χ0v) is 90.1. The van der Waals surface area contributed by atoms with E-state index in [0.717, 1.165) is 60.5 Å². The minimum atomic E-state index is -0.218. The second-order valence-corrected chi connectivity index (χ2v) is 43.2. The summed E-state index contributed by atoms with van der Waals surface area (Å²) >= 11 is 1.76. The summed E-state index contributed by atoms with van der Waals surface area (Å²) in [6, 6.07) is 119. The van der Waals surface area contributed by atoms with Gasteiger partial charge in [-0.3, -0.25) is 10.0 Å². The van der Waals surface area contributed by atoms with Crippen molar-refractivity contribution in [1.82, 2.24) is 0 Å². The first-order valence-electron chi connectivity index (χ1n) is 52.2. The lowest BCUT2D eigenvalue weighted by atomic mass is 9.70. The van der Waals surface area contributed by atoms with Gasteiger partial charge in [0.1, 0.15) is 53.4 Å². The highest BCUT2D eigenvalue weighted by molar-refractivity contribution is 7.99. The molecule has 0 saturated heterocycles. The molecule has 0 bridgehead atoms. The molecule has 0 radical (unpaired) electrons. The van der Waals surface area contributed by atoms with E-state index < -0.39 is 0 Å². The van der Waals surface area contributed by atoms with Gasteiger partial charge >= 0.3 is 17.7 Å². The standard InChI is InChI=1S/C32H31N2O.C30H29N2O.C26H27N2O.C25H26N3S.C20H24N3O/c1-33-27-18-10-9-17-26(27)32(22-24-13-5-3-6-14-24,23-25-15-7-4-8-16-25)30(33)21-31-34(2)28-19-11-12-20-29(28)35-31;1-30(20-21-11-5-4-6-12-21)27(19-28-32(3)24-15-9-10-16-26(24)33-28)31(2)25-18-17-22-13-7-8-14-23(22)29(25)30;1-26(18-19-11-5-4-6-12-19)20-13-7-8-14-21(20)27(2)24(26)17-25-28(3)22-15-9-10-16-23(22)29-25;1-25(2)20-14-8-9-15-21(20)27(3)24(25)18-26-28(4)22-16-10-11-17-23(22)29-19-12-6-5-7-13-19;1-20(2)17-8-6-7-9-18(17)22(3)19(20)14-21-23(4)15-10-12-16(24-5)13-11-15/h3-21,28-29H,22-23H2,1-2H3;4-19,24,26H,20H2,1-3H3;4-17,22-23H,18H2,1-3H3;5-18H,1-4H3;6-14H,1-5H3/q5*+1. The average molecular weight is 2000 g/mol. The monoisotopic (exact) mass is 2000 g/mol. The van der Waals surface area contributed by atoms with Gasteiger partial charge in [0.2, 0.25) is 40.9 Å². The van der Waals surface area contributed by atoms with Crippen LogP contribution in [-0.4, -0.2) is 178 Å². The zero-order chi connectivity index (χ0) is 104. The number of anilines is 5. The Morgan fingerprint density at radius 1 is 0.360 bits per heavy atom. The molecule has 16 nitrogen and oxygen atoms in total. The Kier molecular flexibility index (Phi) is 29.1. The maximum absolute atomic E-state index is 6.48. The summed E-state index contributed by atoms with van der Waals surface area (Å²) < 4.78 is 35.7. The fourth-order valence-corrected chi connectivity index (χ4v) is 24.9. The van der Waals surface area contributed by atoms with E-state index in [4.69, 9.17) is 24.0 Å². The Hall–Kier alpha value is -16.0. The lowest BCUT2D eigenvalue weighted by Crippen LogP contribution is -2.35. The number of fused-ring (bicyclic) bond motifs is 10. The molecule has 17 heteroatoms. The van der Waals surface area contributed by atoms with Crippen molar-refractivity contribution in [3.05, 3.63) is 492 Å². The Morgan fingerprint density at radius 3 is 1.21 bits per heavy atom. The first-order valence-corrected chi connectivity index (χ1v) is 53.1. The molecule has 754 valence electrons. The molecule has 0 saturated carbocycles. The molecule has 150 heavy (non-hydrogen) atoms. The van der Waals surface area contributed by atoms with Gasteiger partial charge < -0.3 is 33.6 Å². The summed E-state index contributed by atoms with van der Waals surface area (Å²) in [5, 5.41) is 15.9. The van der Waals surface area contributed by atoms with Crippen molar-refractivity contribution >= 4 is 104 Å². The highest BCUT2D eigenvalue weighted by Crippen LogP contribution is 2.55. The van der Waals surface area contributed by atoms with Crippen LogP contribution in [0.3, 0.4) is 0 Å². The van der Waals surface area contributed by atoms with Gasteiger partial charge in [0.25, 0.3) is 0 Å². The molecule has 0 amide bonds. The van der Waals surface area contributed by atoms with Crippen LogP contribution in [0.2, 0.25) is 0 Å². The predicted octanol–water partition coefficient (Wildman–Crippen LogP) is 25.5. The van der Waals surface area contributed by atoms with Crippen LogP contribution in [0.4, 0.5) is 39.8 Å². The number of ether oxygens (including phenoxy) is 4. The van der Waals surface area contributed by atoms with Gasteiger partial charge in [-0.05, 0) is 220 Å². The van der Waals surface area contributed by atoms with E-state index in [1.165, 1.54) is 128 Å². The van der Waals surface area contributed by atoms with E-state index in [9.17, 15) is 0 Å². The normalized spacial score (nSPS) is 22.2. The van der Waals surface area contributed by atoms with Crippen LogP contribution in [0.25, 0.3) is 10.8 Å². The first-order chi connectivity index (χ1) is 72.7. The zero-order valence-electron chi connectivity index (χ0n) is 89.3. The SMILES string of the molecule is CN(/N=C/C1=[N+](C)c2ccccc2C1(C)C)c1ccccc1Sc1ccccc1.CN1C(=CC2=[N+](C)C3C=CC=CC3O2)C(C)(Cc2ccccc2)c2c1ccc1ccccc21.CN1C(=CC2=[N+](C)C3C=CC=CC3O2)C(C)(Cc2ccccc2)c2ccccc21.CN1C(=CC2=[N+](C)C3C=CC=CC3O2)C(Cc2ccccc2)(Cc2ccccc2)c2ccccc21.COc1ccc(N(C)/N=C/C2=[N+](C)c3ccccc3C2(C)C)cc1. The number of para-hydroxylation sites is 5. The second kappa shape index (κ2) is 43.1. The molecule has 3 aliphatic carbocycles. The summed E-state index contributed by atoms with van der Waals surface area (Å²) in [7, 11) is 22.8. The van der Waals surface area contributed by atoms with Gasteiger partial charge in [-0.15, -0.1) is 0 Å². The van der Waals surface area contributed by atoms with E-state index in [2.05, 4.69) is 535 Å². The smallest absolute Gasteiger partial charge is 0.365 e. The number of hydrazone groups is 2. The Balaban J connectivity index is 0.000000114. The van der Waals surface area contributed by atoms with Gasteiger partial charge in [-0.1, -0.05) is 303 Å². The molecular weight excluding hydrogens is 1860 g/mol. The number of methoxy groups -OCH3 is 1. The van der Waals surface area contributed by atoms with E-state index in [-0.39, 0.29) is 63.5 Å². The number of nitrogens with zero attached hydrogens (tertiary/aromatic N) is 12. The van der Waals surface area contributed by atoms with E-state index >= 15 is 0 Å². The van der Waals surface area contributed by atoms with Crippen LogP contribution in [0.5, 0.6) is 5.75 Å². The van der Waals surface area contributed by atoms with Crippen molar-refractivity contribution in [1.29, 1.82) is 0 Å². The maximum atomic E-state index is 6.48. The number of benzene rings is 13. The van der Waals surface area contributed by atoms with Crippen LogP contribution in [0.1, 0.15) is 91.6 Å². The second-order valence-electron chi connectivity index (χ2n) is 42.0. The molecule has 24 rings (SSSR count). The average Bonchev–Trinajstić information content (AvgIpc) is 1.55. The minimum absolute atomic E-state index is 0.0589. The van der Waals surface area contributed by atoms with E-state index in [1.807, 2.05) is 66.9 Å². The third-order valence-electron chi connectivity index (χ3n) is 32.0. The summed E-state index contributed by atoms with van der Waals surface area (Å²) in [5.74, 6) is 3.64. The topological polar surface area (TPSA) is 92.9 Å². The highest BCUT2D eigenvalue weighted by atomic mass is 32.2. The number of hydrogen-bond acceptors (Lipinski definition) is 12. The number of rotatable bonds is 20. The molecule has 13 aromatic carbocycles. The van der Waals surface area contributed by atoms with Crippen LogP contribution in [0.15, 0.2) is 462 Å². The predicted molar refractivity (Wildman–Crippen MR) is 622 cm³/mol. The van der Waals surface area contributed by atoms with Gasteiger partial charge in [-0.2, -0.15) is 33.1 Å². The largest absolute Gasteiger partial charge is 0.497 e. The van der Waals surface area contributed by atoms with Gasteiger partial charge in [0.15, 0.2) is 18.3 Å². The molecule has 8 atom stereocenters. The summed E-state index contributed by atoms with van der Waals surface area (Å²) in [4.78, 5) is 9.47. The molecule has 13 aromatic rings. The quantitative estimate of drug-likeness (QED) is 0.0417. The fraction of sp³-hybridized carbons (Fsp3) is 0.241. The molecule has 8 unspecified atom stereocenters. The van der Waals surface area contributed by atoms with Crippen molar-refractivity contribution in [2.24, 2.45) is 10.2 Å². The molecule has 11 aliphatic rings. The van der Waals surface area contributed by atoms with Crippen molar-refractivity contribution < 1.29 is 41.8 Å². The highest BCUT2D eigenvalue weighted by Gasteiger charge is 2.53. The van der Waals surface area contributed by atoms with Gasteiger partial charge in [0, 0.05) is 119 Å². The summed E-state index contributed by atoms with van der Waals surface area (Å²) in [5.41, 5.74) is 26.1. The van der Waals surface area contributed by atoms with Crippen molar-refractivity contribution in [3.63, 3.8) is 0 Å². The van der Waals surface area contributed by atoms with Crippen molar-refractivity contribution in [2.75, 3.05) is 102 Å². The lowest BCUT2D eigenvalue weighted by Gasteiger charge is -2.33. The molecule has 8 heterocycles. The number of hydrogen-bond donors (Lipinski definition) is 0. The molecule has 0 aromatic heterocycles. The van der Waals surface area contributed by atoms with Crippen LogP contribution in [-0.2, 0) is 67.0 Å². The molecule has 0 N–H and O–H groups in total. The maximum Gasteiger partial charge on any atom is 0.365 e. The third kappa shape index (κ3) is 19.8. The number of allylic oxidation sites excluding steroid dienone is 9. The van der Waals surface area contributed by atoms with Crippen LogP contribution < -0.4 is 29.5 Å². The van der Waals surface area contributed by atoms with E-state index in [0.29, 0.717) is 0 Å². The summed E-state index contributed by atoms with van der Waals surface area (Å²) in [6.07, 6.45) is 40.4. The molecule has 0 spiro atoms. The van der Waals surface area contributed by atoms with Gasteiger partial charge in [0.05, 0.1) is 47.5 Å². The van der Waals surface area contributed by atoms with Crippen molar-refractivity contribution in [2.45, 2.75) is 141 Å². The Morgan fingerprint density at radius 2 is 0.733 bits per heavy atom.